The third kappa shape index (κ3) is 1.91. The number of rotatable bonds is 3. The zero-order valence-electron chi connectivity index (χ0n) is 9.53. The number of anilines is 1. The monoisotopic (exact) mass is 223 g/mol. The lowest BCUT2D eigenvalue weighted by Gasteiger charge is -2.00. The molecule has 0 aliphatic heterocycles. The Kier molecular flexibility index (Phi) is 2.64. The van der Waals surface area contributed by atoms with E-state index in [1.165, 1.54) is 10.9 Å². The maximum absolute atomic E-state index is 13.4. The molecular weight excluding hydrogens is 209 g/mol. The van der Waals surface area contributed by atoms with Gasteiger partial charge in [-0.3, -0.25) is 4.68 Å². The van der Waals surface area contributed by atoms with Crippen LogP contribution < -0.4 is 5.32 Å². The molecule has 0 saturated carbocycles. The van der Waals surface area contributed by atoms with Gasteiger partial charge in [-0.25, -0.2) is 4.68 Å². The summed E-state index contributed by atoms with van der Waals surface area (Å²) in [6.07, 6.45) is 1.51. The van der Waals surface area contributed by atoms with Gasteiger partial charge in [0.25, 0.3) is 0 Å². The number of hydrogen-bond acceptors (Lipinski definition) is 3. The van der Waals surface area contributed by atoms with Gasteiger partial charge < -0.3 is 5.32 Å². The zero-order chi connectivity index (χ0) is 11.7. The second-order valence-corrected chi connectivity index (χ2v) is 3.73. The molecule has 0 bridgehead atoms. The fraction of sp³-hybridized carbons (Fsp3) is 0.400. The van der Waals surface area contributed by atoms with Crippen LogP contribution in [0.2, 0.25) is 0 Å². The largest absolute Gasteiger partial charge is 0.364 e. The third-order valence-electron chi connectivity index (χ3n) is 2.51. The molecule has 0 fully saturated rings. The topological polar surface area (TPSA) is 47.7 Å². The van der Waals surface area contributed by atoms with E-state index in [9.17, 15) is 4.39 Å². The summed E-state index contributed by atoms with van der Waals surface area (Å²) in [4.78, 5) is 0. The average Bonchev–Trinajstić information content (AvgIpc) is 2.72. The first kappa shape index (κ1) is 10.7. The number of nitrogens with zero attached hydrogens (tertiary/aromatic N) is 4. The van der Waals surface area contributed by atoms with Crippen molar-refractivity contribution in [2.45, 2.75) is 13.5 Å². The first-order valence-corrected chi connectivity index (χ1v) is 4.99. The zero-order valence-corrected chi connectivity index (χ0v) is 9.53. The Labute approximate surface area is 92.9 Å². The van der Waals surface area contributed by atoms with Gasteiger partial charge in [0.2, 0.25) is 5.95 Å². The highest BCUT2D eigenvalue weighted by molar-refractivity contribution is 5.36. The van der Waals surface area contributed by atoms with Crippen molar-refractivity contribution in [3.63, 3.8) is 0 Å². The lowest BCUT2D eigenvalue weighted by atomic mass is 10.3. The molecule has 1 N–H and O–H groups in total. The van der Waals surface area contributed by atoms with Gasteiger partial charge in [-0.2, -0.15) is 14.6 Å². The Morgan fingerprint density at radius 2 is 2.12 bits per heavy atom. The van der Waals surface area contributed by atoms with Crippen LogP contribution in [-0.4, -0.2) is 19.6 Å². The molecule has 2 aromatic heterocycles. The Balaban J connectivity index is 2.05. The minimum absolute atomic E-state index is 0.319. The molecule has 5 nitrogen and oxygen atoms in total. The van der Waals surface area contributed by atoms with Crippen LogP contribution in [0.4, 0.5) is 10.2 Å². The predicted molar refractivity (Wildman–Crippen MR) is 58.4 cm³/mol. The summed E-state index contributed by atoms with van der Waals surface area (Å²) in [5, 5.41) is 11.1. The first-order chi connectivity index (χ1) is 7.58. The summed E-state index contributed by atoms with van der Waals surface area (Å²) in [6.45, 7) is 2.35. The molecule has 2 aromatic rings. The summed E-state index contributed by atoms with van der Waals surface area (Å²) in [5.41, 5.74) is 1.58. The fourth-order valence-electron chi connectivity index (χ4n) is 1.42. The van der Waals surface area contributed by atoms with Crippen LogP contribution in [0.25, 0.3) is 0 Å². The van der Waals surface area contributed by atoms with Crippen molar-refractivity contribution in [2.24, 2.45) is 14.1 Å². The van der Waals surface area contributed by atoms with Crippen LogP contribution in [0, 0.1) is 12.9 Å². The van der Waals surface area contributed by atoms with E-state index in [2.05, 4.69) is 15.5 Å². The molecule has 0 aliphatic carbocycles. The molecule has 0 amide bonds. The molecule has 6 heteroatoms. The van der Waals surface area contributed by atoms with E-state index >= 15 is 0 Å². The van der Waals surface area contributed by atoms with Crippen molar-refractivity contribution in [3.8, 4) is 0 Å². The summed E-state index contributed by atoms with van der Waals surface area (Å²) < 4.78 is 16.4. The predicted octanol–water partition coefficient (Wildman–Crippen LogP) is 1.21. The van der Waals surface area contributed by atoms with E-state index in [-0.39, 0.29) is 5.95 Å². The summed E-state index contributed by atoms with van der Waals surface area (Å²) in [7, 11) is 3.44. The first-order valence-electron chi connectivity index (χ1n) is 4.99. The number of nitrogens with one attached hydrogen (secondary N) is 1. The Morgan fingerprint density at radius 3 is 2.62 bits per heavy atom. The van der Waals surface area contributed by atoms with Gasteiger partial charge in [0, 0.05) is 38.0 Å². The van der Waals surface area contributed by atoms with Crippen LogP contribution in [0.1, 0.15) is 11.3 Å². The van der Waals surface area contributed by atoms with Gasteiger partial charge in [-0.1, -0.05) is 0 Å². The third-order valence-corrected chi connectivity index (χ3v) is 2.51. The SMILES string of the molecule is Cc1cc(NCc2cnn(C)c2F)nn1C. The van der Waals surface area contributed by atoms with Gasteiger partial charge in [-0.05, 0) is 6.92 Å². The molecule has 0 spiro atoms. The van der Waals surface area contributed by atoms with Crippen LogP contribution in [0.3, 0.4) is 0 Å². The Bertz CT molecular complexity index is 480. The lowest BCUT2D eigenvalue weighted by Crippen LogP contribution is -2.03. The molecule has 0 aromatic carbocycles. The Hall–Kier alpha value is -1.85. The van der Waals surface area contributed by atoms with Gasteiger partial charge in [-0.15, -0.1) is 0 Å². The Morgan fingerprint density at radius 1 is 1.38 bits per heavy atom. The maximum atomic E-state index is 13.4. The van der Waals surface area contributed by atoms with Crippen LogP contribution in [-0.2, 0) is 20.6 Å². The summed E-state index contributed by atoms with van der Waals surface area (Å²) in [6, 6.07) is 1.91. The minimum Gasteiger partial charge on any atom is -0.364 e. The van der Waals surface area contributed by atoms with Crippen molar-refractivity contribution < 1.29 is 4.39 Å². The fourth-order valence-corrected chi connectivity index (χ4v) is 1.42. The lowest BCUT2D eigenvalue weighted by molar-refractivity contribution is 0.496. The molecule has 0 radical (unpaired) electrons. The van der Waals surface area contributed by atoms with Crippen LogP contribution in [0.15, 0.2) is 12.3 Å². The van der Waals surface area contributed by atoms with E-state index in [1.54, 1.807) is 11.7 Å². The minimum atomic E-state index is -0.319. The van der Waals surface area contributed by atoms with E-state index in [1.807, 2.05) is 20.0 Å². The molecule has 0 saturated heterocycles. The number of halogens is 1. The molecule has 0 atom stereocenters. The number of hydrogen-bond donors (Lipinski definition) is 1. The molecule has 0 unspecified atom stereocenters. The summed E-state index contributed by atoms with van der Waals surface area (Å²) in [5.74, 6) is 0.420. The van der Waals surface area contributed by atoms with Crippen molar-refractivity contribution in [1.29, 1.82) is 0 Å². The summed E-state index contributed by atoms with van der Waals surface area (Å²) >= 11 is 0. The molecule has 2 rings (SSSR count). The number of aromatic nitrogens is 4. The molecule has 86 valence electrons. The normalized spacial score (nSPS) is 10.8. The molecule has 0 aliphatic rings. The second-order valence-electron chi connectivity index (χ2n) is 3.73. The van der Waals surface area contributed by atoms with Gasteiger partial charge >= 0.3 is 0 Å². The van der Waals surface area contributed by atoms with Gasteiger partial charge in [0.05, 0.1) is 6.20 Å². The average molecular weight is 223 g/mol. The van der Waals surface area contributed by atoms with Gasteiger partial charge in [0.1, 0.15) is 5.82 Å². The highest BCUT2D eigenvalue weighted by atomic mass is 19.1. The standard InChI is InChI=1S/C10H14FN5/c1-7-4-9(14-15(7)2)12-5-8-6-13-16(3)10(8)11/h4,6H,5H2,1-3H3,(H,12,14). The van der Waals surface area contributed by atoms with E-state index in [0.717, 1.165) is 11.5 Å². The molecule has 16 heavy (non-hydrogen) atoms. The van der Waals surface area contributed by atoms with Crippen molar-refractivity contribution >= 4 is 5.82 Å². The highest BCUT2D eigenvalue weighted by Gasteiger charge is 2.08. The highest BCUT2D eigenvalue weighted by Crippen LogP contribution is 2.10. The van der Waals surface area contributed by atoms with Crippen LogP contribution in [0.5, 0.6) is 0 Å². The van der Waals surface area contributed by atoms with E-state index in [0.29, 0.717) is 12.1 Å². The quantitative estimate of drug-likeness (QED) is 0.851. The maximum Gasteiger partial charge on any atom is 0.216 e. The van der Waals surface area contributed by atoms with Crippen molar-refractivity contribution in [2.75, 3.05) is 5.32 Å². The van der Waals surface area contributed by atoms with Gasteiger partial charge in [0.15, 0.2) is 0 Å². The van der Waals surface area contributed by atoms with E-state index in [4.69, 9.17) is 0 Å². The second kappa shape index (κ2) is 3.96. The van der Waals surface area contributed by atoms with Crippen molar-refractivity contribution in [3.05, 3.63) is 29.5 Å². The van der Waals surface area contributed by atoms with Crippen molar-refractivity contribution in [1.82, 2.24) is 19.6 Å². The molecule has 2 heterocycles. The smallest absolute Gasteiger partial charge is 0.216 e. The number of aryl methyl sites for hydroxylation is 3. The van der Waals surface area contributed by atoms with Crippen LogP contribution >= 0.6 is 0 Å². The molecular formula is C10H14FN5. The van der Waals surface area contributed by atoms with E-state index < -0.39 is 0 Å².